The van der Waals surface area contributed by atoms with E-state index in [2.05, 4.69) is 15.6 Å². The number of carbonyl (C=O) groups is 1. The normalized spacial score (nSPS) is 10.5. The van der Waals surface area contributed by atoms with Crippen molar-refractivity contribution in [2.24, 2.45) is 0 Å². The van der Waals surface area contributed by atoms with Gasteiger partial charge in [-0.15, -0.1) is 0 Å². The van der Waals surface area contributed by atoms with Crippen LogP contribution in [0.5, 0.6) is 0 Å². The van der Waals surface area contributed by atoms with Crippen LogP contribution in [0.25, 0.3) is 0 Å². The second-order valence-corrected chi connectivity index (χ2v) is 6.14. The predicted octanol–water partition coefficient (Wildman–Crippen LogP) is 5.66. The molecule has 0 atom stereocenters. The molecule has 0 radical (unpaired) electrons. The van der Waals surface area contributed by atoms with Crippen LogP contribution in [0, 0.1) is 11.6 Å². The molecule has 1 aromatic heterocycles. The molecular formula is C18H11Cl2F2N3O. The van der Waals surface area contributed by atoms with E-state index in [-0.39, 0.29) is 5.56 Å². The van der Waals surface area contributed by atoms with Gasteiger partial charge in [0, 0.05) is 23.0 Å². The molecule has 0 spiro atoms. The molecule has 0 fully saturated rings. The third kappa shape index (κ3) is 4.28. The molecule has 1 amide bonds. The van der Waals surface area contributed by atoms with E-state index in [0.29, 0.717) is 27.1 Å². The first-order valence-electron chi connectivity index (χ1n) is 7.36. The number of carbonyl (C=O) groups excluding carboxylic acids is 1. The summed E-state index contributed by atoms with van der Waals surface area (Å²) >= 11 is 11.9. The van der Waals surface area contributed by atoms with Gasteiger partial charge in [0.2, 0.25) is 0 Å². The fourth-order valence-corrected chi connectivity index (χ4v) is 2.50. The molecule has 0 aliphatic rings. The first kappa shape index (κ1) is 18.1. The van der Waals surface area contributed by atoms with Crippen molar-refractivity contribution in [2.75, 3.05) is 10.6 Å². The molecule has 1 heterocycles. The van der Waals surface area contributed by atoms with E-state index >= 15 is 0 Å². The highest BCUT2D eigenvalue weighted by Gasteiger charge is 2.11. The van der Waals surface area contributed by atoms with Gasteiger partial charge in [-0.05, 0) is 36.4 Å². The zero-order valence-electron chi connectivity index (χ0n) is 13.1. The standard InChI is InChI=1S/C18H11Cl2F2N3O/c19-11-1-3-14(20)17(6-11)25-18(26)10-5-13(9-23-8-10)24-12-2-4-15(21)16(22)7-12/h1-9,24H,(H,25,26). The van der Waals surface area contributed by atoms with Gasteiger partial charge in [0.25, 0.3) is 5.91 Å². The number of benzene rings is 2. The molecule has 0 unspecified atom stereocenters. The molecule has 2 N–H and O–H groups in total. The number of halogens is 4. The molecule has 3 aromatic rings. The third-order valence-corrected chi connectivity index (χ3v) is 3.95. The van der Waals surface area contributed by atoms with Gasteiger partial charge in [-0.25, -0.2) is 8.78 Å². The first-order valence-corrected chi connectivity index (χ1v) is 8.11. The summed E-state index contributed by atoms with van der Waals surface area (Å²) in [5.41, 5.74) is 1.36. The summed E-state index contributed by atoms with van der Waals surface area (Å²) in [4.78, 5) is 16.4. The van der Waals surface area contributed by atoms with Gasteiger partial charge in [-0.3, -0.25) is 9.78 Å². The summed E-state index contributed by atoms with van der Waals surface area (Å²) in [5, 5.41) is 6.26. The number of anilines is 3. The molecular weight excluding hydrogens is 383 g/mol. The maximum atomic E-state index is 13.3. The fraction of sp³-hybridized carbons (Fsp3) is 0. The molecule has 0 saturated heterocycles. The molecule has 3 rings (SSSR count). The summed E-state index contributed by atoms with van der Waals surface area (Å²) in [6.07, 6.45) is 2.81. The molecule has 0 saturated carbocycles. The van der Waals surface area contributed by atoms with Gasteiger partial charge in [0.05, 0.1) is 28.2 Å². The fourth-order valence-electron chi connectivity index (χ4n) is 2.16. The van der Waals surface area contributed by atoms with Crippen LogP contribution in [0.15, 0.2) is 54.9 Å². The molecule has 132 valence electrons. The monoisotopic (exact) mass is 393 g/mol. The van der Waals surface area contributed by atoms with Crippen LogP contribution in [0.3, 0.4) is 0 Å². The summed E-state index contributed by atoms with van der Waals surface area (Å²) in [6, 6.07) is 9.60. The number of nitrogens with one attached hydrogen (secondary N) is 2. The second-order valence-electron chi connectivity index (χ2n) is 5.29. The molecule has 0 aliphatic carbocycles. The Hall–Kier alpha value is -2.70. The number of rotatable bonds is 4. The van der Waals surface area contributed by atoms with Gasteiger partial charge in [0.15, 0.2) is 11.6 Å². The maximum absolute atomic E-state index is 13.3. The molecule has 2 aromatic carbocycles. The highest BCUT2D eigenvalue weighted by Crippen LogP contribution is 2.26. The van der Waals surface area contributed by atoms with E-state index in [1.807, 2.05) is 0 Å². The van der Waals surface area contributed by atoms with Crippen molar-refractivity contribution in [3.8, 4) is 0 Å². The van der Waals surface area contributed by atoms with Crippen molar-refractivity contribution in [3.05, 3.63) is 82.1 Å². The van der Waals surface area contributed by atoms with Crippen molar-refractivity contribution in [1.82, 2.24) is 4.98 Å². The van der Waals surface area contributed by atoms with Crippen LogP contribution in [0.2, 0.25) is 10.0 Å². The summed E-state index contributed by atoms with van der Waals surface area (Å²) in [6.45, 7) is 0. The Labute approximate surface area is 157 Å². The van der Waals surface area contributed by atoms with Gasteiger partial charge in [-0.1, -0.05) is 23.2 Å². The number of pyridine rings is 1. The smallest absolute Gasteiger partial charge is 0.257 e. The van der Waals surface area contributed by atoms with Crippen LogP contribution < -0.4 is 10.6 Å². The quantitative estimate of drug-likeness (QED) is 0.600. The lowest BCUT2D eigenvalue weighted by atomic mass is 10.2. The minimum absolute atomic E-state index is 0.244. The number of amides is 1. The zero-order valence-corrected chi connectivity index (χ0v) is 14.6. The average molecular weight is 394 g/mol. The van der Waals surface area contributed by atoms with Crippen LogP contribution in [-0.4, -0.2) is 10.9 Å². The number of aromatic nitrogens is 1. The minimum Gasteiger partial charge on any atom is -0.354 e. The van der Waals surface area contributed by atoms with E-state index in [1.54, 1.807) is 12.1 Å². The zero-order chi connectivity index (χ0) is 18.7. The van der Waals surface area contributed by atoms with E-state index in [9.17, 15) is 13.6 Å². The van der Waals surface area contributed by atoms with Gasteiger partial charge in [-0.2, -0.15) is 0 Å². The second kappa shape index (κ2) is 7.68. The number of nitrogens with zero attached hydrogens (tertiary/aromatic N) is 1. The van der Waals surface area contributed by atoms with Gasteiger partial charge < -0.3 is 10.6 Å². The SMILES string of the molecule is O=C(Nc1cc(Cl)ccc1Cl)c1cncc(Nc2ccc(F)c(F)c2)c1. The lowest BCUT2D eigenvalue weighted by Crippen LogP contribution is -2.13. The van der Waals surface area contributed by atoms with E-state index < -0.39 is 17.5 Å². The molecule has 8 heteroatoms. The third-order valence-electron chi connectivity index (χ3n) is 3.39. The van der Waals surface area contributed by atoms with Crippen molar-refractivity contribution >= 4 is 46.2 Å². The minimum atomic E-state index is -0.979. The highest BCUT2D eigenvalue weighted by atomic mass is 35.5. The predicted molar refractivity (Wildman–Crippen MR) is 98.3 cm³/mol. The Morgan fingerprint density at radius 2 is 1.73 bits per heavy atom. The van der Waals surface area contributed by atoms with E-state index in [1.165, 1.54) is 30.6 Å². The lowest BCUT2D eigenvalue weighted by Gasteiger charge is -2.10. The van der Waals surface area contributed by atoms with Crippen LogP contribution in [0.4, 0.5) is 25.8 Å². The Morgan fingerprint density at radius 3 is 2.50 bits per heavy atom. The first-order chi connectivity index (χ1) is 12.4. The molecule has 26 heavy (non-hydrogen) atoms. The summed E-state index contributed by atoms with van der Waals surface area (Å²) in [7, 11) is 0. The Kier molecular flexibility index (Phi) is 5.35. The number of hydrogen-bond donors (Lipinski definition) is 2. The average Bonchev–Trinajstić information content (AvgIpc) is 2.61. The molecule has 0 bridgehead atoms. The lowest BCUT2D eigenvalue weighted by molar-refractivity contribution is 0.102. The van der Waals surface area contributed by atoms with Gasteiger partial charge >= 0.3 is 0 Å². The summed E-state index contributed by atoms with van der Waals surface area (Å²) < 4.78 is 26.3. The van der Waals surface area contributed by atoms with E-state index in [0.717, 1.165) is 12.1 Å². The Morgan fingerprint density at radius 1 is 0.923 bits per heavy atom. The van der Waals surface area contributed by atoms with Crippen molar-refractivity contribution < 1.29 is 13.6 Å². The molecule has 0 aliphatic heterocycles. The maximum Gasteiger partial charge on any atom is 0.257 e. The topological polar surface area (TPSA) is 54.0 Å². The van der Waals surface area contributed by atoms with Gasteiger partial charge in [0.1, 0.15) is 0 Å². The largest absolute Gasteiger partial charge is 0.354 e. The summed E-state index contributed by atoms with van der Waals surface area (Å²) in [5.74, 6) is -2.37. The highest BCUT2D eigenvalue weighted by molar-refractivity contribution is 6.35. The van der Waals surface area contributed by atoms with Crippen molar-refractivity contribution in [3.63, 3.8) is 0 Å². The van der Waals surface area contributed by atoms with Crippen molar-refractivity contribution in [1.29, 1.82) is 0 Å². The van der Waals surface area contributed by atoms with Crippen LogP contribution in [0.1, 0.15) is 10.4 Å². The number of hydrogen-bond acceptors (Lipinski definition) is 3. The molecule has 4 nitrogen and oxygen atoms in total. The van der Waals surface area contributed by atoms with Crippen LogP contribution in [-0.2, 0) is 0 Å². The Balaban J connectivity index is 1.78. The van der Waals surface area contributed by atoms with Crippen LogP contribution >= 0.6 is 23.2 Å². The Bertz CT molecular complexity index is 982. The van der Waals surface area contributed by atoms with E-state index in [4.69, 9.17) is 23.2 Å². The van der Waals surface area contributed by atoms with Crippen molar-refractivity contribution in [2.45, 2.75) is 0 Å².